The van der Waals surface area contributed by atoms with Gasteiger partial charge in [0.1, 0.15) is 0 Å². The molecule has 2 amide bonds. The van der Waals surface area contributed by atoms with Crippen molar-refractivity contribution in [1.82, 2.24) is 4.90 Å². The van der Waals surface area contributed by atoms with Crippen molar-refractivity contribution in [1.29, 1.82) is 0 Å². The summed E-state index contributed by atoms with van der Waals surface area (Å²) in [7, 11) is 0. The van der Waals surface area contributed by atoms with E-state index in [1.165, 1.54) is 12.7 Å². The second kappa shape index (κ2) is 10.1. The van der Waals surface area contributed by atoms with E-state index in [0.717, 1.165) is 31.2 Å². The third kappa shape index (κ3) is 5.28. The van der Waals surface area contributed by atoms with Crippen molar-refractivity contribution in [3.05, 3.63) is 53.5 Å². The van der Waals surface area contributed by atoms with E-state index in [1.807, 2.05) is 18.7 Å². The van der Waals surface area contributed by atoms with Crippen molar-refractivity contribution in [3.8, 4) is 0 Å². The van der Waals surface area contributed by atoms with E-state index in [-0.39, 0.29) is 29.9 Å². The van der Waals surface area contributed by atoms with Gasteiger partial charge in [0, 0.05) is 18.3 Å². The summed E-state index contributed by atoms with van der Waals surface area (Å²) in [5.74, 6) is -1.00. The van der Waals surface area contributed by atoms with Gasteiger partial charge < -0.3 is 19.4 Å². The number of carbonyl (C=O) groups is 3. The zero-order chi connectivity index (χ0) is 21.5. The summed E-state index contributed by atoms with van der Waals surface area (Å²) >= 11 is 0. The van der Waals surface area contributed by atoms with Crippen LogP contribution in [-0.4, -0.2) is 41.9 Å². The second-order valence-corrected chi connectivity index (χ2v) is 7.51. The van der Waals surface area contributed by atoms with E-state index in [1.54, 1.807) is 30.3 Å². The van der Waals surface area contributed by atoms with E-state index in [2.05, 4.69) is 5.32 Å². The van der Waals surface area contributed by atoms with Crippen LogP contribution in [0.15, 0.2) is 41.0 Å². The Morgan fingerprint density at radius 1 is 1.17 bits per heavy atom. The molecule has 1 fully saturated rings. The topological polar surface area (TPSA) is 88.9 Å². The molecule has 1 heterocycles. The van der Waals surface area contributed by atoms with Crippen molar-refractivity contribution in [2.45, 2.75) is 52.0 Å². The molecule has 0 aliphatic heterocycles. The van der Waals surface area contributed by atoms with Crippen molar-refractivity contribution < 1.29 is 23.5 Å². The van der Waals surface area contributed by atoms with Crippen LogP contribution in [0.5, 0.6) is 0 Å². The standard InChI is InChI=1S/C23H28N2O5/c1-3-25(18-8-5-4-6-9-18)21(26)15-30-23(28)17-12-11-16(2)19(14-17)24-22(27)20-10-7-13-29-20/h7,10-14,18H,3-6,8-9,15H2,1-2H3,(H,24,27). The summed E-state index contributed by atoms with van der Waals surface area (Å²) in [5.41, 5.74) is 1.54. The number of aryl methyl sites for hydroxylation is 1. The number of nitrogens with zero attached hydrogens (tertiary/aromatic N) is 1. The fourth-order valence-corrected chi connectivity index (χ4v) is 3.80. The van der Waals surface area contributed by atoms with E-state index < -0.39 is 11.9 Å². The zero-order valence-electron chi connectivity index (χ0n) is 17.5. The number of hydrogen-bond donors (Lipinski definition) is 1. The maximum Gasteiger partial charge on any atom is 0.338 e. The van der Waals surface area contributed by atoms with Gasteiger partial charge in [-0.25, -0.2) is 4.79 Å². The van der Waals surface area contributed by atoms with Crippen molar-refractivity contribution in [2.75, 3.05) is 18.5 Å². The summed E-state index contributed by atoms with van der Waals surface area (Å²) in [6.45, 7) is 4.08. The number of nitrogens with one attached hydrogen (secondary N) is 1. The lowest BCUT2D eigenvalue weighted by molar-refractivity contribution is -0.137. The molecule has 0 bridgehead atoms. The molecular formula is C23H28N2O5. The molecule has 0 atom stereocenters. The van der Waals surface area contributed by atoms with E-state index in [4.69, 9.17) is 9.15 Å². The quantitative estimate of drug-likeness (QED) is 0.689. The van der Waals surface area contributed by atoms with Crippen molar-refractivity contribution >= 4 is 23.5 Å². The number of anilines is 1. The third-order valence-corrected chi connectivity index (χ3v) is 5.47. The first-order chi connectivity index (χ1) is 14.5. The van der Waals surface area contributed by atoms with Crippen LogP contribution in [0.3, 0.4) is 0 Å². The average Bonchev–Trinajstić information content (AvgIpc) is 3.30. The minimum atomic E-state index is -0.600. The fourth-order valence-electron chi connectivity index (χ4n) is 3.80. The summed E-state index contributed by atoms with van der Waals surface area (Å²) in [5, 5.41) is 2.73. The molecule has 1 aliphatic rings. The Bertz CT molecular complexity index is 885. The minimum absolute atomic E-state index is 0.170. The number of ether oxygens (including phenoxy) is 1. The number of furan rings is 1. The zero-order valence-corrected chi connectivity index (χ0v) is 17.5. The lowest BCUT2D eigenvalue weighted by Crippen LogP contribution is -2.43. The van der Waals surface area contributed by atoms with Crippen molar-refractivity contribution in [2.24, 2.45) is 0 Å². The molecule has 1 saturated carbocycles. The molecule has 3 rings (SSSR count). The number of esters is 1. The summed E-state index contributed by atoms with van der Waals surface area (Å²) in [4.78, 5) is 39.1. The third-order valence-electron chi connectivity index (χ3n) is 5.47. The Labute approximate surface area is 176 Å². The predicted molar refractivity (Wildman–Crippen MR) is 112 cm³/mol. The number of amides is 2. The second-order valence-electron chi connectivity index (χ2n) is 7.51. The van der Waals surface area contributed by atoms with Gasteiger partial charge in [0.25, 0.3) is 11.8 Å². The molecule has 1 aromatic heterocycles. The van der Waals surface area contributed by atoms with Gasteiger partial charge in [-0.2, -0.15) is 0 Å². The smallest absolute Gasteiger partial charge is 0.338 e. The SMILES string of the molecule is CCN(C(=O)COC(=O)c1ccc(C)c(NC(=O)c2ccco2)c1)C1CCCCC1. The van der Waals surface area contributed by atoms with Gasteiger partial charge in [-0.3, -0.25) is 9.59 Å². The van der Waals surface area contributed by atoms with Gasteiger partial charge in [0.05, 0.1) is 11.8 Å². The minimum Gasteiger partial charge on any atom is -0.459 e. The Kier molecular flexibility index (Phi) is 7.27. The molecule has 30 heavy (non-hydrogen) atoms. The molecule has 7 nitrogen and oxygen atoms in total. The van der Waals surface area contributed by atoms with Gasteiger partial charge >= 0.3 is 5.97 Å². The maximum atomic E-state index is 12.6. The highest BCUT2D eigenvalue weighted by Crippen LogP contribution is 2.23. The number of carbonyl (C=O) groups excluding carboxylic acids is 3. The van der Waals surface area contributed by atoms with E-state index in [9.17, 15) is 14.4 Å². The van der Waals surface area contributed by atoms with Gasteiger partial charge in [0.2, 0.25) is 0 Å². The molecule has 0 saturated heterocycles. The molecule has 0 radical (unpaired) electrons. The van der Waals surface area contributed by atoms with Crippen LogP contribution in [0.2, 0.25) is 0 Å². The normalized spacial score (nSPS) is 14.2. The Balaban J connectivity index is 1.60. The molecular weight excluding hydrogens is 384 g/mol. The van der Waals surface area contributed by atoms with Crippen LogP contribution in [0.1, 0.15) is 65.5 Å². The number of rotatable bonds is 7. The summed E-state index contributed by atoms with van der Waals surface area (Å²) in [6.07, 6.45) is 6.89. The summed E-state index contributed by atoms with van der Waals surface area (Å²) < 4.78 is 10.4. The molecule has 7 heteroatoms. The first-order valence-corrected chi connectivity index (χ1v) is 10.4. The molecule has 1 N–H and O–H groups in total. The highest BCUT2D eigenvalue weighted by Gasteiger charge is 2.25. The largest absolute Gasteiger partial charge is 0.459 e. The maximum absolute atomic E-state index is 12.6. The van der Waals surface area contributed by atoms with Crippen LogP contribution in [0.4, 0.5) is 5.69 Å². The number of benzene rings is 1. The van der Waals surface area contributed by atoms with Gasteiger partial charge in [-0.15, -0.1) is 0 Å². The number of hydrogen-bond acceptors (Lipinski definition) is 5. The Morgan fingerprint density at radius 3 is 2.60 bits per heavy atom. The molecule has 1 aliphatic carbocycles. The van der Waals surface area contributed by atoms with Crippen LogP contribution in [-0.2, 0) is 9.53 Å². The lowest BCUT2D eigenvalue weighted by Gasteiger charge is -2.33. The van der Waals surface area contributed by atoms with Crippen molar-refractivity contribution in [3.63, 3.8) is 0 Å². The Hall–Kier alpha value is -3.09. The fraction of sp³-hybridized carbons (Fsp3) is 0.435. The first kappa shape index (κ1) is 21.6. The van der Waals surface area contributed by atoms with Crippen LogP contribution in [0.25, 0.3) is 0 Å². The van der Waals surface area contributed by atoms with Crippen LogP contribution >= 0.6 is 0 Å². The van der Waals surface area contributed by atoms with Crippen LogP contribution in [0, 0.1) is 6.92 Å². The van der Waals surface area contributed by atoms with Gasteiger partial charge in [-0.05, 0) is 56.5 Å². The molecule has 0 unspecified atom stereocenters. The van der Waals surface area contributed by atoms with E-state index in [0.29, 0.717) is 12.2 Å². The van der Waals surface area contributed by atoms with Gasteiger partial charge in [0.15, 0.2) is 12.4 Å². The predicted octanol–water partition coefficient (Wildman–Crippen LogP) is 4.18. The molecule has 0 spiro atoms. The molecule has 160 valence electrons. The average molecular weight is 412 g/mol. The monoisotopic (exact) mass is 412 g/mol. The van der Waals surface area contributed by atoms with Gasteiger partial charge in [-0.1, -0.05) is 25.3 Å². The molecule has 2 aromatic rings. The highest BCUT2D eigenvalue weighted by molar-refractivity contribution is 6.03. The first-order valence-electron chi connectivity index (χ1n) is 10.4. The molecule has 1 aromatic carbocycles. The lowest BCUT2D eigenvalue weighted by atomic mass is 9.94. The Morgan fingerprint density at radius 2 is 1.93 bits per heavy atom. The van der Waals surface area contributed by atoms with Crippen LogP contribution < -0.4 is 5.32 Å². The highest BCUT2D eigenvalue weighted by atomic mass is 16.5. The number of likely N-dealkylation sites (N-methyl/N-ethyl adjacent to an activating group) is 1. The van der Waals surface area contributed by atoms with E-state index >= 15 is 0 Å². The summed E-state index contributed by atoms with van der Waals surface area (Å²) in [6, 6.07) is 8.29.